The lowest BCUT2D eigenvalue weighted by atomic mass is 10.2. The second-order valence-electron chi connectivity index (χ2n) is 1.83. The lowest BCUT2D eigenvalue weighted by Crippen LogP contribution is -2.14. The summed E-state index contributed by atoms with van der Waals surface area (Å²) in [5.74, 6) is 0. The number of allylic oxidation sites excluding steroid dienone is 1. The van der Waals surface area contributed by atoms with Crippen molar-refractivity contribution in [3.05, 3.63) is 12.3 Å². The monoisotopic (exact) mass is 119 g/mol. The molecule has 0 saturated heterocycles. The van der Waals surface area contributed by atoms with Crippen LogP contribution in [0, 0.1) is 0 Å². The Kier molecular flexibility index (Phi) is 0.828. The third-order valence-electron chi connectivity index (χ3n) is 1.24. The van der Waals surface area contributed by atoms with E-state index in [4.69, 9.17) is 0 Å². The van der Waals surface area contributed by atoms with Gasteiger partial charge in [0.2, 0.25) is 0 Å². The first-order valence-electron chi connectivity index (χ1n) is 2.76. The smallest absolute Gasteiger partial charge is 0.130 e. The fourth-order valence-electron chi connectivity index (χ4n) is 0.817. The van der Waals surface area contributed by atoms with Crippen molar-refractivity contribution >= 4 is 17.6 Å². The second-order valence-corrected chi connectivity index (χ2v) is 1.83. The minimum absolute atomic E-state index is 0.554. The van der Waals surface area contributed by atoms with Crippen LogP contribution in [0.5, 0.6) is 0 Å². The summed E-state index contributed by atoms with van der Waals surface area (Å²) < 4.78 is 0. The van der Waals surface area contributed by atoms with Gasteiger partial charge in [-0.3, -0.25) is 15.0 Å². The summed E-state index contributed by atoms with van der Waals surface area (Å²) >= 11 is 0. The van der Waals surface area contributed by atoms with E-state index in [1.54, 1.807) is 12.4 Å². The molecule has 0 aromatic heterocycles. The highest BCUT2D eigenvalue weighted by Gasteiger charge is 2.08. The first-order chi connectivity index (χ1) is 4.47. The first-order valence-corrected chi connectivity index (χ1v) is 2.76. The van der Waals surface area contributed by atoms with Gasteiger partial charge in [0.1, 0.15) is 12.4 Å². The molecule has 0 radical (unpaired) electrons. The molecule has 44 valence electrons. The maximum absolute atomic E-state index is 4.09. The Bertz CT molecular complexity index is 245. The molecule has 0 N–H and O–H groups in total. The van der Waals surface area contributed by atoms with E-state index in [0.717, 1.165) is 11.4 Å². The number of nitrogens with zero attached hydrogens (tertiary/aromatic N) is 3. The highest BCUT2D eigenvalue weighted by molar-refractivity contribution is 6.66. The molecular formula is C6H5N3. The van der Waals surface area contributed by atoms with Gasteiger partial charge in [-0.25, -0.2) is 0 Å². The third-order valence-corrected chi connectivity index (χ3v) is 1.24. The van der Waals surface area contributed by atoms with E-state index in [1.165, 1.54) is 0 Å². The van der Waals surface area contributed by atoms with Crippen LogP contribution in [0.15, 0.2) is 27.3 Å². The first kappa shape index (κ1) is 4.61. The molecule has 2 heterocycles. The van der Waals surface area contributed by atoms with Crippen molar-refractivity contribution in [1.82, 2.24) is 0 Å². The predicted molar refractivity (Wildman–Crippen MR) is 37.4 cm³/mol. The van der Waals surface area contributed by atoms with Gasteiger partial charge in [-0.2, -0.15) is 0 Å². The van der Waals surface area contributed by atoms with Crippen molar-refractivity contribution in [2.45, 2.75) is 0 Å². The quantitative estimate of drug-likeness (QED) is 0.443. The lowest BCUT2D eigenvalue weighted by Gasteiger charge is -1.98. The topological polar surface area (TPSA) is 37.1 Å². The molecule has 0 atom stereocenters. The summed E-state index contributed by atoms with van der Waals surface area (Å²) in [7, 11) is 0. The van der Waals surface area contributed by atoms with Gasteiger partial charge in [0.15, 0.2) is 0 Å². The van der Waals surface area contributed by atoms with E-state index >= 15 is 0 Å². The van der Waals surface area contributed by atoms with Crippen LogP contribution in [0.2, 0.25) is 0 Å². The maximum Gasteiger partial charge on any atom is 0.130 e. The second kappa shape index (κ2) is 1.62. The number of fused-ring (bicyclic) bond motifs is 1. The minimum atomic E-state index is 0.554. The summed E-state index contributed by atoms with van der Waals surface area (Å²) in [4.78, 5) is 12.0. The molecule has 0 aromatic rings. The largest absolute Gasteiger partial charge is 0.267 e. The van der Waals surface area contributed by atoms with Crippen LogP contribution < -0.4 is 0 Å². The number of rotatable bonds is 0. The summed E-state index contributed by atoms with van der Waals surface area (Å²) in [5.41, 5.74) is 1.85. The highest BCUT2D eigenvalue weighted by Crippen LogP contribution is 2.00. The SMILES string of the molecule is C1=CC2=NCN=CC2=N1. The van der Waals surface area contributed by atoms with Crippen molar-refractivity contribution in [1.29, 1.82) is 0 Å². The Morgan fingerprint density at radius 1 is 1.33 bits per heavy atom. The van der Waals surface area contributed by atoms with Crippen LogP contribution in [-0.2, 0) is 0 Å². The Labute approximate surface area is 52.5 Å². The van der Waals surface area contributed by atoms with E-state index in [2.05, 4.69) is 15.0 Å². The van der Waals surface area contributed by atoms with E-state index in [9.17, 15) is 0 Å². The molecular weight excluding hydrogens is 114 g/mol. The van der Waals surface area contributed by atoms with Gasteiger partial charge in [0, 0.05) is 6.20 Å². The average molecular weight is 119 g/mol. The summed E-state index contributed by atoms with van der Waals surface area (Å²) in [5, 5.41) is 0. The maximum atomic E-state index is 4.09. The zero-order valence-electron chi connectivity index (χ0n) is 4.78. The lowest BCUT2D eigenvalue weighted by molar-refractivity contribution is 1.08. The third kappa shape index (κ3) is 0.614. The Hall–Kier alpha value is -1.25. The normalized spacial score (nSPS) is 21.3. The van der Waals surface area contributed by atoms with Gasteiger partial charge in [-0.15, -0.1) is 0 Å². The van der Waals surface area contributed by atoms with Crippen molar-refractivity contribution in [2.75, 3.05) is 6.67 Å². The van der Waals surface area contributed by atoms with E-state index in [1.807, 2.05) is 6.08 Å². The van der Waals surface area contributed by atoms with Gasteiger partial charge in [-0.05, 0) is 6.08 Å². The van der Waals surface area contributed by atoms with Crippen LogP contribution in [0.25, 0.3) is 0 Å². The van der Waals surface area contributed by atoms with E-state index in [0.29, 0.717) is 6.67 Å². The summed E-state index contributed by atoms with van der Waals surface area (Å²) in [6.07, 6.45) is 5.38. The Morgan fingerprint density at radius 2 is 2.33 bits per heavy atom. The van der Waals surface area contributed by atoms with Crippen LogP contribution >= 0.6 is 0 Å². The molecule has 0 fully saturated rings. The van der Waals surface area contributed by atoms with Crippen LogP contribution in [-0.4, -0.2) is 24.3 Å². The van der Waals surface area contributed by atoms with Crippen molar-refractivity contribution in [3.63, 3.8) is 0 Å². The molecule has 0 unspecified atom stereocenters. The summed E-state index contributed by atoms with van der Waals surface area (Å²) in [6.45, 7) is 0.554. The van der Waals surface area contributed by atoms with Crippen molar-refractivity contribution in [2.24, 2.45) is 15.0 Å². The molecule has 2 aliphatic rings. The van der Waals surface area contributed by atoms with Gasteiger partial charge in [0.25, 0.3) is 0 Å². The average Bonchev–Trinajstić information content (AvgIpc) is 2.33. The van der Waals surface area contributed by atoms with Crippen LogP contribution in [0.4, 0.5) is 0 Å². The van der Waals surface area contributed by atoms with Gasteiger partial charge >= 0.3 is 0 Å². The number of hydrogen-bond acceptors (Lipinski definition) is 3. The molecule has 2 aliphatic heterocycles. The molecule has 0 bridgehead atoms. The zero-order valence-corrected chi connectivity index (χ0v) is 4.78. The van der Waals surface area contributed by atoms with Gasteiger partial charge in [0.05, 0.1) is 11.9 Å². The number of aliphatic imine (C=N–C) groups is 3. The molecule has 9 heavy (non-hydrogen) atoms. The fourth-order valence-corrected chi connectivity index (χ4v) is 0.817. The molecule has 0 amide bonds. The van der Waals surface area contributed by atoms with Gasteiger partial charge in [-0.1, -0.05) is 0 Å². The van der Waals surface area contributed by atoms with Crippen molar-refractivity contribution in [3.8, 4) is 0 Å². The predicted octanol–water partition coefficient (Wildman–Crippen LogP) is 0.438. The summed E-state index contributed by atoms with van der Waals surface area (Å²) in [6, 6.07) is 0. The Morgan fingerprint density at radius 3 is 3.22 bits per heavy atom. The van der Waals surface area contributed by atoms with Crippen LogP contribution in [0.1, 0.15) is 0 Å². The van der Waals surface area contributed by atoms with E-state index < -0.39 is 0 Å². The molecule has 0 saturated carbocycles. The van der Waals surface area contributed by atoms with Crippen LogP contribution in [0.3, 0.4) is 0 Å². The molecule has 0 aromatic carbocycles. The fraction of sp³-hybridized carbons (Fsp3) is 0.167. The Balaban J connectivity index is 2.46. The minimum Gasteiger partial charge on any atom is -0.267 e. The van der Waals surface area contributed by atoms with Crippen molar-refractivity contribution < 1.29 is 0 Å². The molecule has 0 spiro atoms. The standard InChI is InChI=1S/C6H5N3/c1-2-8-6-3-7-4-9-5(1)6/h1-3H,4H2. The highest BCUT2D eigenvalue weighted by atomic mass is 15.0. The molecule has 0 aliphatic carbocycles. The molecule has 2 rings (SSSR count). The zero-order chi connectivity index (χ0) is 6.10. The number of hydrogen-bond donors (Lipinski definition) is 0. The van der Waals surface area contributed by atoms with Gasteiger partial charge < -0.3 is 0 Å². The molecule has 3 nitrogen and oxygen atoms in total. The molecule has 3 heteroatoms. The van der Waals surface area contributed by atoms with E-state index in [-0.39, 0.29) is 0 Å².